The zero-order chi connectivity index (χ0) is 31.2. The standard InChI is InChI=1S/C44H29N3/c1-4-12-30(13-5-1)31-20-22-32(23-21-31)36-25-24-33-26-27-42-43(38(33)28-36)37-18-10-11-19-41(37)47(42)44-45-39(34-14-6-2-7-15-34)29-40(46-44)35-16-8-3-9-17-35/h1-29H. The van der Waals surface area contributed by atoms with Crippen LogP contribution in [0, 0.1) is 0 Å². The van der Waals surface area contributed by atoms with E-state index in [-0.39, 0.29) is 0 Å². The summed E-state index contributed by atoms with van der Waals surface area (Å²) in [7, 11) is 0. The van der Waals surface area contributed by atoms with Crippen molar-refractivity contribution in [1.82, 2.24) is 14.5 Å². The summed E-state index contributed by atoms with van der Waals surface area (Å²) in [5.74, 6) is 0.656. The Morgan fingerprint density at radius 2 is 0.830 bits per heavy atom. The van der Waals surface area contributed by atoms with Crippen LogP contribution in [0.5, 0.6) is 0 Å². The third-order valence-corrected chi connectivity index (χ3v) is 9.03. The molecular weight excluding hydrogens is 571 g/mol. The van der Waals surface area contributed by atoms with Crippen LogP contribution in [0.1, 0.15) is 0 Å². The molecule has 0 N–H and O–H groups in total. The van der Waals surface area contributed by atoms with Crippen molar-refractivity contribution in [1.29, 1.82) is 0 Å². The van der Waals surface area contributed by atoms with Gasteiger partial charge in [0.25, 0.3) is 0 Å². The molecule has 220 valence electrons. The average molecular weight is 600 g/mol. The number of para-hydroxylation sites is 1. The molecule has 0 amide bonds. The second-order valence-electron chi connectivity index (χ2n) is 11.9. The van der Waals surface area contributed by atoms with Crippen molar-refractivity contribution < 1.29 is 0 Å². The minimum Gasteiger partial charge on any atom is -0.278 e. The van der Waals surface area contributed by atoms with Crippen LogP contribution in [0.3, 0.4) is 0 Å². The van der Waals surface area contributed by atoms with Gasteiger partial charge in [-0.1, -0.05) is 152 Å². The van der Waals surface area contributed by atoms with Gasteiger partial charge in [-0.3, -0.25) is 4.57 Å². The van der Waals surface area contributed by atoms with E-state index in [2.05, 4.69) is 168 Å². The quantitative estimate of drug-likeness (QED) is 0.197. The summed E-state index contributed by atoms with van der Waals surface area (Å²) in [5, 5.41) is 4.80. The Bertz CT molecular complexity index is 2480. The maximum atomic E-state index is 5.20. The fraction of sp³-hybridized carbons (Fsp3) is 0. The Kier molecular flexibility index (Phi) is 6.46. The highest BCUT2D eigenvalue weighted by Crippen LogP contribution is 2.39. The average Bonchev–Trinajstić information content (AvgIpc) is 3.50. The van der Waals surface area contributed by atoms with E-state index in [1.807, 2.05) is 12.1 Å². The SMILES string of the molecule is c1ccc(-c2ccc(-c3ccc4ccc5c(c4c3)c3ccccc3n5-c3nc(-c4ccccc4)cc(-c4ccccc4)n3)cc2)cc1. The summed E-state index contributed by atoms with van der Waals surface area (Å²) in [4.78, 5) is 10.4. The van der Waals surface area contributed by atoms with Crippen LogP contribution in [0.15, 0.2) is 176 Å². The Hall–Kier alpha value is -6.32. The van der Waals surface area contributed by atoms with Gasteiger partial charge in [0.2, 0.25) is 5.95 Å². The minimum absolute atomic E-state index is 0.656. The van der Waals surface area contributed by atoms with Crippen LogP contribution in [0.4, 0.5) is 0 Å². The van der Waals surface area contributed by atoms with Crippen LogP contribution in [-0.2, 0) is 0 Å². The topological polar surface area (TPSA) is 30.7 Å². The monoisotopic (exact) mass is 599 g/mol. The van der Waals surface area contributed by atoms with Crippen molar-refractivity contribution in [2.24, 2.45) is 0 Å². The highest BCUT2D eigenvalue weighted by atomic mass is 15.2. The summed E-state index contributed by atoms with van der Waals surface area (Å²) < 4.78 is 2.23. The number of hydrogen-bond donors (Lipinski definition) is 0. The first kappa shape index (κ1) is 27.0. The molecule has 9 aromatic rings. The lowest BCUT2D eigenvalue weighted by Gasteiger charge is -2.12. The van der Waals surface area contributed by atoms with Crippen LogP contribution in [0.2, 0.25) is 0 Å². The van der Waals surface area contributed by atoms with Gasteiger partial charge < -0.3 is 0 Å². The first-order valence-corrected chi connectivity index (χ1v) is 15.9. The van der Waals surface area contributed by atoms with E-state index >= 15 is 0 Å². The number of fused-ring (bicyclic) bond motifs is 5. The van der Waals surface area contributed by atoms with Gasteiger partial charge in [-0.2, -0.15) is 0 Å². The molecule has 2 heterocycles. The van der Waals surface area contributed by atoms with Crippen molar-refractivity contribution in [2.45, 2.75) is 0 Å². The van der Waals surface area contributed by atoms with Crippen molar-refractivity contribution in [2.75, 3.05) is 0 Å². The molecule has 0 spiro atoms. The summed E-state index contributed by atoms with van der Waals surface area (Å²) in [5.41, 5.74) is 10.9. The third kappa shape index (κ3) is 4.77. The number of nitrogens with zero attached hydrogens (tertiary/aromatic N) is 3. The molecule has 0 atom stereocenters. The number of rotatable bonds is 5. The highest BCUT2D eigenvalue weighted by Gasteiger charge is 2.18. The maximum absolute atomic E-state index is 5.20. The first-order valence-electron chi connectivity index (χ1n) is 15.9. The Balaban J connectivity index is 1.26. The zero-order valence-electron chi connectivity index (χ0n) is 25.6. The summed E-state index contributed by atoms with van der Waals surface area (Å²) in [6.07, 6.45) is 0. The van der Waals surface area contributed by atoms with Gasteiger partial charge in [-0.25, -0.2) is 9.97 Å². The van der Waals surface area contributed by atoms with E-state index in [0.29, 0.717) is 5.95 Å². The Labute approximate surface area is 273 Å². The van der Waals surface area contributed by atoms with E-state index in [4.69, 9.17) is 9.97 Å². The molecule has 0 saturated carbocycles. The van der Waals surface area contributed by atoms with Crippen LogP contribution < -0.4 is 0 Å². The van der Waals surface area contributed by atoms with Gasteiger partial charge in [0, 0.05) is 21.9 Å². The molecule has 0 radical (unpaired) electrons. The van der Waals surface area contributed by atoms with Crippen molar-refractivity contribution in [3.05, 3.63) is 176 Å². The lowest BCUT2D eigenvalue weighted by Crippen LogP contribution is -2.03. The second-order valence-corrected chi connectivity index (χ2v) is 11.9. The normalized spacial score (nSPS) is 11.4. The Morgan fingerprint density at radius 3 is 1.47 bits per heavy atom. The zero-order valence-corrected chi connectivity index (χ0v) is 25.6. The Morgan fingerprint density at radius 1 is 0.340 bits per heavy atom. The summed E-state index contributed by atoms with van der Waals surface area (Å²) in [6, 6.07) is 62.0. The molecule has 0 saturated heterocycles. The van der Waals surface area contributed by atoms with Crippen molar-refractivity contribution in [3.63, 3.8) is 0 Å². The van der Waals surface area contributed by atoms with E-state index in [1.54, 1.807) is 0 Å². The van der Waals surface area contributed by atoms with Gasteiger partial charge in [-0.05, 0) is 57.3 Å². The summed E-state index contributed by atoms with van der Waals surface area (Å²) in [6.45, 7) is 0. The number of aromatic nitrogens is 3. The minimum atomic E-state index is 0.656. The third-order valence-electron chi connectivity index (χ3n) is 9.03. The van der Waals surface area contributed by atoms with E-state index in [1.165, 1.54) is 43.8 Å². The smallest absolute Gasteiger partial charge is 0.235 e. The van der Waals surface area contributed by atoms with Gasteiger partial charge in [0.15, 0.2) is 0 Å². The molecule has 0 unspecified atom stereocenters. The number of benzene rings is 7. The molecule has 3 heteroatoms. The van der Waals surface area contributed by atoms with Gasteiger partial charge in [0.1, 0.15) is 0 Å². The molecule has 0 bridgehead atoms. The predicted octanol–water partition coefficient (Wildman–Crippen LogP) is 11.4. The first-order chi connectivity index (χ1) is 23.3. The predicted molar refractivity (Wildman–Crippen MR) is 196 cm³/mol. The molecule has 2 aromatic heterocycles. The molecule has 0 fully saturated rings. The molecular formula is C44H29N3. The van der Waals surface area contributed by atoms with Gasteiger partial charge >= 0.3 is 0 Å². The molecule has 47 heavy (non-hydrogen) atoms. The van der Waals surface area contributed by atoms with Crippen LogP contribution >= 0.6 is 0 Å². The van der Waals surface area contributed by atoms with Crippen molar-refractivity contribution in [3.8, 4) is 50.7 Å². The van der Waals surface area contributed by atoms with Crippen LogP contribution in [0.25, 0.3) is 83.3 Å². The molecule has 0 aliphatic rings. The maximum Gasteiger partial charge on any atom is 0.235 e. The van der Waals surface area contributed by atoms with Crippen molar-refractivity contribution >= 4 is 32.6 Å². The van der Waals surface area contributed by atoms with E-state index < -0.39 is 0 Å². The lowest BCUT2D eigenvalue weighted by molar-refractivity contribution is 0.996. The highest BCUT2D eigenvalue weighted by molar-refractivity contribution is 6.21. The lowest BCUT2D eigenvalue weighted by atomic mass is 9.96. The van der Waals surface area contributed by atoms with Gasteiger partial charge in [0.05, 0.1) is 22.4 Å². The second kappa shape index (κ2) is 11.2. The molecule has 0 aliphatic heterocycles. The summed E-state index contributed by atoms with van der Waals surface area (Å²) >= 11 is 0. The fourth-order valence-electron chi connectivity index (χ4n) is 6.72. The molecule has 7 aromatic carbocycles. The number of hydrogen-bond acceptors (Lipinski definition) is 2. The van der Waals surface area contributed by atoms with Gasteiger partial charge in [-0.15, -0.1) is 0 Å². The largest absolute Gasteiger partial charge is 0.278 e. The van der Waals surface area contributed by atoms with E-state index in [9.17, 15) is 0 Å². The fourth-order valence-corrected chi connectivity index (χ4v) is 6.72. The van der Waals surface area contributed by atoms with Crippen LogP contribution in [-0.4, -0.2) is 14.5 Å². The van der Waals surface area contributed by atoms with E-state index in [0.717, 1.165) is 33.5 Å². The molecule has 0 aliphatic carbocycles. The molecule has 9 rings (SSSR count). The molecule has 3 nitrogen and oxygen atoms in total.